The SMILES string of the molecule is O=C(O)O[C@H]1[C@H](OC(=O)O)[C@H](C(=O)N(Cc2ccccc2)Cc2ccc(Oc3ccccc3)cc2)[C@H]1C(=O)N(Cc1ccccc1)Cc1ccc(Oc2ccccc2)cc1. The van der Waals surface area contributed by atoms with E-state index in [9.17, 15) is 29.4 Å². The Morgan fingerprint density at radius 3 is 0.950 bits per heavy atom. The molecule has 0 bridgehead atoms. The highest BCUT2D eigenvalue weighted by Crippen LogP contribution is 2.43. The van der Waals surface area contributed by atoms with E-state index in [1.165, 1.54) is 9.80 Å². The molecule has 7 rings (SSSR count). The minimum absolute atomic E-state index is 0.0616. The van der Waals surface area contributed by atoms with Gasteiger partial charge in [-0.15, -0.1) is 0 Å². The van der Waals surface area contributed by atoms with Gasteiger partial charge in [0.1, 0.15) is 23.0 Å². The summed E-state index contributed by atoms with van der Waals surface area (Å²) in [6.07, 6.45) is -6.70. The summed E-state index contributed by atoms with van der Waals surface area (Å²) in [6, 6.07) is 51.3. The Kier molecular flexibility index (Phi) is 13.0. The lowest BCUT2D eigenvalue weighted by Gasteiger charge is -2.49. The maximum Gasteiger partial charge on any atom is 0.506 e. The normalized spacial score (nSPS) is 16.7. The molecule has 2 amide bonds. The zero-order valence-corrected chi connectivity index (χ0v) is 32.4. The Labute approximate surface area is 346 Å². The first-order valence-corrected chi connectivity index (χ1v) is 19.3. The van der Waals surface area contributed by atoms with Gasteiger partial charge in [-0.05, 0) is 70.8 Å². The van der Waals surface area contributed by atoms with E-state index in [4.69, 9.17) is 18.9 Å². The summed E-state index contributed by atoms with van der Waals surface area (Å²) >= 11 is 0. The number of carbonyl (C=O) groups is 4. The molecule has 0 unspecified atom stereocenters. The van der Waals surface area contributed by atoms with Crippen molar-refractivity contribution in [3.05, 3.63) is 192 Å². The van der Waals surface area contributed by atoms with Crippen LogP contribution in [0.15, 0.2) is 170 Å². The number of rotatable bonds is 16. The largest absolute Gasteiger partial charge is 0.506 e. The molecule has 4 atom stereocenters. The van der Waals surface area contributed by atoms with E-state index >= 15 is 0 Å². The number of carboxylic acid groups (broad SMARTS) is 2. The van der Waals surface area contributed by atoms with E-state index in [1.54, 1.807) is 24.3 Å². The van der Waals surface area contributed by atoms with Crippen LogP contribution in [0.4, 0.5) is 9.59 Å². The molecule has 0 radical (unpaired) electrons. The predicted molar refractivity (Wildman–Crippen MR) is 220 cm³/mol. The maximum absolute atomic E-state index is 14.9. The summed E-state index contributed by atoms with van der Waals surface area (Å²) in [5, 5.41) is 19.6. The van der Waals surface area contributed by atoms with Crippen molar-refractivity contribution in [3.8, 4) is 23.0 Å². The summed E-state index contributed by atoms with van der Waals surface area (Å²) < 4.78 is 22.3. The smallest absolute Gasteiger partial charge is 0.457 e. The van der Waals surface area contributed by atoms with Crippen molar-refractivity contribution in [2.24, 2.45) is 11.8 Å². The molecular weight excluding hydrogens is 765 g/mol. The number of benzene rings is 6. The third-order valence-corrected chi connectivity index (χ3v) is 10.1. The second-order valence-corrected chi connectivity index (χ2v) is 14.2. The van der Waals surface area contributed by atoms with Gasteiger partial charge in [-0.3, -0.25) is 9.59 Å². The molecule has 6 aromatic carbocycles. The van der Waals surface area contributed by atoms with Crippen molar-refractivity contribution in [3.63, 3.8) is 0 Å². The van der Waals surface area contributed by atoms with Gasteiger partial charge in [-0.25, -0.2) is 9.59 Å². The lowest BCUT2D eigenvalue weighted by molar-refractivity contribution is -0.198. The van der Waals surface area contributed by atoms with Gasteiger partial charge in [0.15, 0.2) is 12.2 Å². The topological polar surface area (TPSA) is 152 Å². The molecule has 2 N–H and O–H groups in total. The molecule has 0 spiro atoms. The van der Waals surface area contributed by atoms with Gasteiger partial charge in [0.25, 0.3) is 0 Å². The monoisotopic (exact) mass is 806 g/mol. The molecule has 304 valence electrons. The molecule has 6 aromatic rings. The molecule has 60 heavy (non-hydrogen) atoms. The summed E-state index contributed by atoms with van der Waals surface area (Å²) in [4.78, 5) is 57.1. The molecule has 1 aliphatic rings. The lowest BCUT2D eigenvalue weighted by Crippen LogP contribution is -2.68. The maximum atomic E-state index is 14.9. The minimum atomic E-state index is -1.75. The number of ether oxygens (including phenoxy) is 4. The summed E-state index contributed by atoms with van der Waals surface area (Å²) in [7, 11) is 0. The fraction of sp³-hybridized carbons (Fsp3) is 0.167. The van der Waals surface area contributed by atoms with E-state index in [0.29, 0.717) is 23.0 Å². The van der Waals surface area contributed by atoms with Crippen molar-refractivity contribution in [1.29, 1.82) is 0 Å². The van der Waals surface area contributed by atoms with Crippen LogP contribution in [0.5, 0.6) is 23.0 Å². The molecule has 1 fully saturated rings. The van der Waals surface area contributed by atoms with Crippen LogP contribution in [0.3, 0.4) is 0 Å². The Morgan fingerprint density at radius 1 is 0.383 bits per heavy atom. The Balaban J connectivity index is 1.20. The second-order valence-electron chi connectivity index (χ2n) is 14.2. The number of amides is 2. The van der Waals surface area contributed by atoms with E-state index in [0.717, 1.165) is 22.3 Å². The highest BCUT2D eigenvalue weighted by Gasteiger charge is 2.63. The number of para-hydroxylation sites is 2. The summed E-state index contributed by atoms with van der Waals surface area (Å²) in [5.74, 6) is -1.60. The van der Waals surface area contributed by atoms with Crippen LogP contribution in [-0.4, -0.2) is 56.3 Å². The zero-order valence-electron chi connectivity index (χ0n) is 32.4. The van der Waals surface area contributed by atoms with Crippen molar-refractivity contribution in [1.82, 2.24) is 9.80 Å². The number of carbonyl (C=O) groups excluding carboxylic acids is 2. The lowest BCUT2D eigenvalue weighted by atomic mass is 9.66. The molecule has 12 heteroatoms. The number of hydrogen-bond donors (Lipinski definition) is 2. The van der Waals surface area contributed by atoms with Crippen LogP contribution < -0.4 is 9.47 Å². The quantitative estimate of drug-likeness (QED) is 0.0905. The first-order valence-electron chi connectivity index (χ1n) is 19.3. The van der Waals surface area contributed by atoms with Crippen LogP contribution in [0.25, 0.3) is 0 Å². The molecular formula is C48H42N2O10. The molecule has 0 heterocycles. The van der Waals surface area contributed by atoms with Gasteiger partial charge in [0.2, 0.25) is 11.8 Å². The van der Waals surface area contributed by atoms with E-state index in [1.807, 2.05) is 146 Å². The van der Waals surface area contributed by atoms with Crippen molar-refractivity contribution >= 4 is 24.1 Å². The van der Waals surface area contributed by atoms with Crippen LogP contribution >= 0.6 is 0 Å². The Bertz CT molecular complexity index is 2180. The van der Waals surface area contributed by atoms with Crippen LogP contribution in [0.2, 0.25) is 0 Å². The number of nitrogens with zero attached hydrogens (tertiary/aromatic N) is 2. The van der Waals surface area contributed by atoms with Gasteiger partial charge in [0, 0.05) is 26.2 Å². The van der Waals surface area contributed by atoms with E-state index in [-0.39, 0.29) is 26.2 Å². The predicted octanol–water partition coefficient (Wildman–Crippen LogP) is 9.40. The minimum Gasteiger partial charge on any atom is -0.457 e. The van der Waals surface area contributed by atoms with Gasteiger partial charge >= 0.3 is 12.3 Å². The van der Waals surface area contributed by atoms with E-state index in [2.05, 4.69) is 0 Å². The average Bonchev–Trinajstić information content (AvgIpc) is 3.26. The molecule has 1 aliphatic carbocycles. The Hall–Kier alpha value is -7.60. The Morgan fingerprint density at radius 2 is 0.650 bits per heavy atom. The second kappa shape index (κ2) is 19.2. The average molecular weight is 807 g/mol. The van der Waals surface area contributed by atoms with Gasteiger partial charge in [-0.2, -0.15) is 0 Å². The van der Waals surface area contributed by atoms with Gasteiger partial charge < -0.3 is 39.0 Å². The van der Waals surface area contributed by atoms with Crippen molar-refractivity contribution in [2.45, 2.75) is 38.4 Å². The highest BCUT2D eigenvalue weighted by atomic mass is 16.7. The van der Waals surface area contributed by atoms with Gasteiger partial charge in [0.05, 0.1) is 11.8 Å². The fourth-order valence-electron chi connectivity index (χ4n) is 7.24. The molecule has 1 saturated carbocycles. The molecule has 0 aliphatic heterocycles. The van der Waals surface area contributed by atoms with Gasteiger partial charge in [-0.1, -0.05) is 121 Å². The third-order valence-electron chi connectivity index (χ3n) is 10.1. The molecule has 0 aromatic heterocycles. The highest BCUT2D eigenvalue weighted by molar-refractivity contribution is 5.92. The number of hydrogen-bond acceptors (Lipinski definition) is 8. The first-order chi connectivity index (χ1) is 29.2. The van der Waals surface area contributed by atoms with Crippen LogP contribution in [0, 0.1) is 11.8 Å². The van der Waals surface area contributed by atoms with Crippen LogP contribution in [-0.2, 0) is 45.2 Å². The standard InChI is InChI=1S/C48H42N2O10/c51-45(49(29-33-13-5-1-6-14-33)31-35-21-25-39(26-22-35)57-37-17-9-3-10-18-37)41-42(44(60-48(55)56)43(41)59-47(53)54)46(52)50(30-34-15-7-2-8-16-34)32-36-23-27-40(28-24-36)58-38-19-11-4-12-20-38/h1-28,41-44H,29-32H2,(H,53,54)(H,55,56)/t41-,42-,43-,44-/m1/s1. The van der Waals surface area contributed by atoms with Crippen LogP contribution in [0.1, 0.15) is 22.3 Å². The zero-order chi connectivity index (χ0) is 41.8. The fourth-order valence-corrected chi connectivity index (χ4v) is 7.24. The van der Waals surface area contributed by atoms with Crippen molar-refractivity contribution < 1.29 is 48.3 Å². The molecule has 12 nitrogen and oxygen atoms in total. The third kappa shape index (κ3) is 10.5. The first kappa shape index (κ1) is 40.6. The summed E-state index contributed by atoms with van der Waals surface area (Å²) in [5.41, 5.74) is 3.00. The van der Waals surface area contributed by atoms with Crippen molar-refractivity contribution in [2.75, 3.05) is 0 Å². The molecule has 0 saturated heterocycles. The summed E-state index contributed by atoms with van der Waals surface area (Å²) in [6.45, 7) is 0.307. The van der Waals surface area contributed by atoms with E-state index < -0.39 is 48.2 Å².